The van der Waals surface area contributed by atoms with Crippen molar-refractivity contribution >= 4 is 17.6 Å². The van der Waals surface area contributed by atoms with Gasteiger partial charge in [0.15, 0.2) is 5.78 Å². The summed E-state index contributed by atoms with van der Waals surface area (Å²) in [6.07, 6.45) is 5.46. The highest BCUT2D eigenvalue weighted by atomic mass is 16.5. The lowest BCUT2D eigenvalue weighted by atomic mass is 9.83. The number of carbonyl (C=O) groups is 3. The fourth-order valence-electron chi connectivity index (χ4n) is 6.73. The Morgan fingerprint density at radius 2 is 1.82 bits per heavy atom. The minimum atomic E-state index is -0.891. The van der Waals surface area contributed by atoms with Gasteiger partial charge in [-0.3, -0.25) is 14.4 Å². The van der Waals surface area contributed by atoms with Crippen LogP contribution in [0.1, 0.15) is 66.8 Å². The van der Waals surface area contributed by atoms with E-state index in [1.807, 2.05) is 24.3 Å². The molecule has 9 heteroatoms. The third kappa shape index (κ3) is 5.81. The molecular formula is C29H41N3O6. The van der Waals surface area contributed by atoms with Gasteiger partial charge in [-0.05, 0) is 68.3 Å². The first-order valence-electron chi connectivity index (χ1n) is 14.2. The van der Waals surface area contributed by atoms with Crippen molar-refractivity contribution in [2.75, 3.05) is 46.5 Å². The van der Waals surface area contributed by atoms with E-state index in [9.17, 15) is 19.5 Å². The highest BCUT2D eigenvalue weighted by Crippen LogP contribution is 2.33. The van der Waals surface area contributed by atoms with Crippen LogP contribution in [0.15, 0.2) is 24.3 Å². The quantitative estimate of drug-likeness (QED) is 0.530. The van der Waals surface area contributed by atoms with Crippen LogP contribution in [0.5, 0.6) is 0 Å². The maximum atomic E-state index is 13.8. The Labute approximate surface area is 224 Å². The van der Waals surface area contributed by atoms with Crippen LogP contribution in [-0.2, 0) is 19.1 Å². The number of hydrogen-bond acceptors (Lipinski definition) is 7. The molecule has 38 heavy (non-hydrogen) atoms. The van der Waals surface area contributed by atoms with E-state index in [0.29, 0.717) is 11.5 Å². The zero-order valence-corrected chi connectivity index (χ0v) is 22.3. The molecule has 0 aromatic heterocycles. The van der Waals surface area contributed by atoms with Crippen LogP contribution in [0.3, 0.4) is 0 Å². The van der Waals surface area contributed by atoms with Gasteiger partial charge in [0.05, 0.1) is 13.2 Å². The number of aliphatic hydroxyl groups excluding tert-OH is 1. The zero-order valence-electron chi connectivity index (χ0n) is 22.3. The van der Waals surface area contributed by atoms with E-state index in [1.54, 1.807) is 7.11 Å². The molecule has 1 saturated carbocycles. The first kappa shape index (κ1) is 27.2. The van der Waals surface area contributed by atoms with Crippen LogP contribution in [-0.4, -0.2) is 103 Å². The highest BCUT2D eigenvalue weighted by Gasteiger charge is 2.53. The minimum Gasteiger partial charge on any atom is -0.388 e. The van der Waals surface area contributed by atoms with Crippen molar-refractivity contribution in [2.45, 2.75) is 75.2 Å². The Morgan fingerprint density at radius 3 is 2.50 bits per heavy atom. The molecule has 5 rings (SSSR count). The Balaban J connectivity index is 1.25. The SMILES string of the molecule is COCCN1CCC(c2ccc(C(=O)N[C@H](C(=O)N3C[C@@H](O)[C@@H]4OCC(=O)[C@@H]43)C3CCCCC3)cc2)CC1. The third-order valence-electron chi connectivity index (χ3n) is 8.96. The van der Waals surface area contributed by atoms with Gasteiger partial charge in [-0.1, -0.05) is 31.4 Å². The Kier molecular flexibility index (Phi) is 8.77. The average molecular weight is 528 g/mol. The maximum Gasteiger partial charge on any atom is 0.251 e. The zero-order chi connectivity index (χ0) is 26.6. The van der Waals surface area contributed by atoms with Gasteiger partial charge in [0, 0.05) is 19.2 Å². The number of likely N-dealkylation sites (tertiary alicyclic amines) is 2. The normalized spacial score (nSPS) is 27.9. The molecule has 0 bridgehead atoms. The van der Waals surface area contributed by atoms with Crippen LogP contribution in [0, 0.1) is 5.92 Å². The van der Waals surface area contributed by atoms with Crippen molar-refractivity contribution < 1.29 is 29.0 Å². The Bertz CT molecular complexity index is 987. The average Bonchev–Trinajstić information content (AvgIpc) is 3.51. The molecule has 1 aromatic rings. The number of nitrogens with one attached hydrogen (secondary N) is 1. The van der Waals surface area contributed by atoms with E-state index < -0.39 is 24.3 Å². The van der Waals surface area contributed by atoms with Gasteiger partial charge in [0.25, 0.3) is 5.91 Å². The monoisotopic (exact) mass is 527 g/mol. The molecular weight excluding hydrogens is 486 g/mol. The van der Waals surface area contributed by atoms with Gasteiger partial charge in [-0.2, -0.15) is 0 Å². The van der Waals surface area contributed by atoms with E-state index in [4.69, 9.17) is 9.47 Å². The number of piperidine rings is 1. The molecule has 0 spiro atoms. The van der Waals surface area contributed by atoms with Gasteiger partial charge >= 0.3 is 0 Å². The summed E-state index contributed by atoms with van der Waals surface area (Å²) in [5.41, 5.74) is 1.77. The predicted molar refractivity (Wildman–Crippen MR) is 141 cm³/mol. The second-order valence-corrected chi connectivity index (χ2v) is 11.3. The van der Waals surface area contributed by atoms with Crippen molar-refractivity contribution in [2.24, 2.45) is 5.92 Å². The number of ether oxygens (including phenoxy) is 2. The summed E-state index contributed by atoms with van der Waals surface area (Å²) in [5.74, 6) is -0.263. The summed E-state index contributed by atoms with van der Waals surface area (Å²) in [5, 5.41) is 13.4. The fourth-order valence-corrected chi connectivity index (χ4v) is 6.73. The number of amides is 2. The van der Waals surface area contributed by atoms with E-state index in [2.05, 4.69) is 10.2 Å². The molecule has 4 atom stereocenters. The van der Waals surface area contributed by atoms with Gasteiger partial charge in [0.1, 0.15) is 30.9 Å². The molecule has 0 unspecified atom stereocenters. The molecule has 0 radical (unpaired) electrons. The molecule has 3 aliphatic heterocycles. The lowest BCUT2D eigenvalue weighted by Crippen LogP contribution is -2.55. The van der Waals surface area contributed by atoms with Gasteiger partial charge in [0.2, 0.25) is 5.91 Å². The molecule has 1 aliphatic carbocycles. The van der Waals surface area contributed by atoms with Crippen molar-refractivity contribution in [3.63, 3.8) is 0 Å². The lowest BCUT2D eigenvalue weighted by Gasteiger charge is -2.34. The van der Waals surface area contributed by atoms with Gasteiger partial charge in [-0.15, -0.1) is 0 Å². The maximum absolute atomic E-state index is 13.8. The first-order chi connectivity index (χ1) is 18.5. The lowest BCUT2D eigenvalue weighted by molar-refractivity contribution is -0.139. The third-order valence-corrected chi connectivity index (χ3v) is 8.96. The Hall–Kier alpha value is -2.33. The van der Waals surface area contributed by atoms with Crippen LogP contribution in [0.2, 0.25) is 0 Å². The molecule has 2 N–H and O–H groups in total. The largest absolute Gasteiger partial charge is 0.388 e. The Morgan fingerprint density at radius 1 is 1.11 bits per heavy atom. The van der Waals surface area contributed by atoms with Crippen molar-refractivity contribution in [3.05, 3.63) is 35.4 Å². The molecule has 3 saturated heterocycles. The molecule has 1 aromatic carbocycles. The van der Waals surface area contributed by atoms with E-state index in [0.717, 1.165) is 71.2 Å². The summed E-state index contributed by atoms with van der Waals surface area (Å²) in [7, 11) is 1.73. The number of benzene rings is 1. The smallest absolute Gasteiger partial charge is 0.251 e. The molecule has 4 aliphatic rings. The summed E-state index contributed by atoms with van der Waals surface area (Å²) in [4.78, 5) is 43.5. The number of β-amino-alcohol motifs (C(OH)–C–C–N with tert-alkyl or cyclic N) is 1. The van der Waals surface area contributed by atoms with Crippen LogP contribution in [0.4, 0.5) is 0 Å². The molecule has 208 valence electrons. The fraction of sp³-hybridized carbons (Fsp3) is 0.690. The summed E-state index contributed by atoms with van der Waals surface area (Å²) < 4.78 is 10.6. The number of hydrogen-bond donors (Lipinski definition) is 2. The number of aliphatic hydroxyl groups is 1. The number of Topliss-reactive ketones (excluding diaryl/α,β-unsaturated/α-hetero) is 1. The van der Waals surface area contributed by atoms with E-state index in [-0.39, 0.29) is 36.7 Å². The van der Waals surface area contributed by atoms with E-state index >= 15 is 0 Å². The summed E-state index contributed by atoms with van der Waals surface area (Å²) in [6.45, 7) is 3.77. The van der Waals surface area contributed by atoms with Crippen molar-refractivity contribution in [3.8, 4) is 0 Å². The van der Waals surface area contributed by atoms with Crippen molar-refractivity contribution in [1.82, 2.24) is 15.1 Å². The second kappa shape index (κ2) is 12.2. The number of nitrogens with zero attached hydrogens (tertiary/aromatic N) is 2. The minimum absolute atomic E-state index is 0.0105. The van der Waals surface area contributed by atoms with Gasteiger partial charge in [-0.25, -0.2) is 0 Å². The van der Waals surface area contributed by atoms with Crippen LogP contribution < -0.4 is 5.32 Å². The van der Waals surface area contributed by atoms with Crippen LogP contribution in [0.25, 0.3) is 0 Å². The molecule has 9 nitrogen and oxygen atoms in total. The van der Waals surface area contributed by atoms with Crippen molar-refractivity contribution in [1.29, 1.82) is 0 Å². The van der Waals surface area contributed by atoms with Gasteiger partial charge < -0.3 is 29.7 Å². The number of rotatable bonds is 8. The second-order valence-electron chi connectivity index (χ2n) is 11.3. The summed E-state index contributed by atoms with van der Waals surface area (Å²) >= 11 is 0. The topological polar surface area (TPSA) is 108 Å². The standard InChI is InChI=1S/C29H41N3O6/c1-37-16-15-31-13-11-20(12-14-31)19-7-9-22(10-8-19)28(35)30-25(21-5-3-2-4-6-21)29(36)32-17-23(33)27-26(32)24(34)18-38-27/h7-10,20-21,23,25-27,33H,2-6,11-18H2,1H3,(H,30,35)/t23-,25+,26+,27+/m1/s1. The number of ketones is 1. The molecule has 2 amide bonds. The summed E-state index contributed by atoms with van der Waals surface area (Å²) in [6, 6.07) is 6.30. The number of methoxy groups -OCH3 is 1. The number of carbonyl (C=O) groups excluding carboxylic acids is 3. The highest BCUT2D eigenvalue weighted by molar-refractivity contribution is 5.99. The van der Waals surface area contributed by atoms with Crippen LogP contribution >= 0.6 is 0 Å². The first-order valence-corrected chi connectivity index (χ1v) is 14.2. The molecule has 3 heterocycles. The van der Waals surface area contributed by atoms with E-state index in [1.165, 1.54) is 10.5 Å². The molecule has 4 fully saturated rings. The predicted octanol–water partition coefficient (Wildman–Crippen LogP) is 1.73. The number of fused-ring (bicyclic) bond motifs is 1.